The van der Waals surface area contributed by atoms with Crippen molar-refractivity contribution in [2.24, 2.45) is 0 Å². The summed E-state index contributed by atoms with van der Waals surface area (Å²) >= 11 is 1.57. The molecule has 0 saturated carbocycles. The van der Waals surface area contributed by atoms with E-state index in [1.54, 1.807) is 18.9 Å². The highest BCUT2D eigenvalue weighted by Crippen LogP contribution is 2.26. The molecule has 0 radical (unpaired) electrons. The standard InChI is InChI=1S/C25H28N6O2S/c1-32-21-12-8-11-20(15-21)24-26-23(33-29-24)18-34-25-28-27-22(17-30-13-6-3-7-14-30)31(25)16-19-9-4-2-5-10-19/h2,4-5,8-12,15H,3,6-7,13-14,16-18H2,1H3. The fourth-order valence-electron chi connectivity index (χ4n) is 4.10. The number of piperidine rings is 1. The average Bonchev–Trinajstić information content (AvgIpc) is 3.51. The molecule has 1 aliphatic rings. The second-order valence-electron chi connectivity index (χ2n) is 8.34. The number of methoxy groups -OCH3 is 1. The number of likely N-dealkylation sites (tertiary alicyclic amines) is 1. The third kappa shape index (κ3) is 5.48. The van der Waals surface area contributed by atoms with Crippen molar-refractivity contribution in [2.45, 2.75) is 43.3 Å². The van der Waals surface area contributed by atoms with Crippen molar-refractivity contribution in [3.63, 3.8) is 0 Å². The fraction of sp³-hybridized carbons (Fsp3) is 0.360. The maximum absolute atomic E-state index is 5.51. The van der Waals surface area contributed by atoms with Crippen molar-refractivity contribution >= 4 is 11.8 Å². The maximum Gasteiger partial charge on any atom is 0.237 e. The largest absolute Gasteiger partial charge is 0.497 e. The molecule has 9 heteroatoms. The molecule has 2 aromatic carbocycles. The molecule has 1 saturated heterocycles. The van der Waals surface area contributed by atoms with Gasteiger partial charge in [0.2, 0.25) is 11.7 Å². The summed E-state index contributed by atoms with van der Waals surface area (Å²) < 4.78 is 13.0. The van der Waals surface area contributed by atoms with E-state index in [1.165, 1.54) is 24.8 Å². The zero-order chi connectivity index (χ0) is 23.2. The summed E-state index contributed by atoms with van der Waals surface area (Å²) in [4.78, 5) is 7.04. The SMILES string of the molecule is COc1cccc(-c2noc(CSc3nnc(CN4CCCCC4)n3Cc3ccccc3)n2)c1. The predicted molar refractivity (Wildman–Crippen MR) is 131 cm³/mol. The zero-order valence-electron chi connectivity index (χ0n) is 19.3. The van der Waals surface area contributed by atoms with Gasteiger partial charge in [0, 0.05) is 5.56 Å². The van der Waals surface area contributed by atoms with Crippen molar-refractivity contribution < 1.29 is 9.26 Å². The Morgan fingerprint density at radius 2 is 1.82 bits per heavy atom. The normalized spacial score (nSPS) is 14.4. The van der Waals surface area contributed by atoms with Crippen LogP contribution in [0.4, 0.5) is 0 Å². The van der Waals surface area contributed by atoms with Crippen LogP contribution in [0.3, 0.4) is 0 Å². The number of benzene rings is 2. The highest BCUT2D eigenvalue weighted by Gasteiger charge is 2.19. The maximum atomic E-state index is 5.51. The molecule has 176 valence electrons. The third-order valence-electron chi connectivity index (χ3n) is 5.91. The van der Waals surface area contributed by atoms with Crippen LogP contribution in [0, 0.1) is 0 Å². The molecule has 0 bridgehead atoms. The number of ether oxygens (including phenoxy) is 1. The lowest BCUT2D eigenvalue weighted by molar-refractivity contribution is 0.213. The van der Waals surface area contributed by atoms with Gasteiger partial charge in [-0.1, -0.05) is 65.8 Å². The van der Waals surface area contributed by atoms with Gasteiger partial charge >= 0.3 is 0 Å². The van der Waals surface area contributed by atoms with Gasteiger partial charge in [0.15, 0.2) is 5.16 Å². The molecule has 1 fully saturated rings. The Balaban J connectivity index is 1.32. The summed E-state index contributed by atoms with van der Waals surface area (Å²) in [6.45, 7) is 3.80. The van der Waals surface area contributed by atoms with Crippen LogP contribution < -0.4 is 4.74 Å². The van der Waals surface area contributed by atoms with Crippen LogP contribution in [0.2, 0.25) is 0 Å². The Bertz CT molecular complexity index is 1200. The van der Waals surface area contributed by atoms with Crippen LogP contribution in [0.25, 0.3) is 11.4 Å². The fourth-order valence-corrected chi connectivity index (χ4v) is 4.90. The van der Waals surface area contributed by atoms with Crippen molar-refractivity contribution in [2.75, 3.05) is 20.2 Å². The lowest BCUT2D eigenvalue weighted by Crippen LogP contribution is -2.30. The van der Waals surface area contributed by atoms with Crippen LogP contribution in [0.15, 0.2) is 64.3 Å². The van der Waals surface area contributed by atoms with E-state index >= 15 is 0 Å². The van der Waals surface area contributed by atoms with E-state index in [2.05, 4.69) is 54.1 Å². The molecule has 0 amide bonds. The Hall–Kier alpha value is -3.17. The van der Waals surface area contributed by atoms with Gasteiger partial charge < -0.3 is 13.8 Å². The van der Waals surface area contributed by atoms with E-state index < -0.39 is 0 Å². The summed E-state index contributed by atoms with van der Waals surface area (Å²) in [5.74, 6) is 3.37. The molecule has 3 heterocycles. The van der Waals surface area contributed by atoms with E-state index in [1.807, 2.05) is 30.3 Å². The molecule has 0 spiro atoms. The minimum atomic E-state index is 0.521. The molecule has 4 aromatic rings. The van der Waals surface area contributed by atoms with Crippen molar-refractivity contribution in [3.8, 4) is 17.1 Å². The minimum absolute atomic E-state index is 0.521. The summed E-state index contributed by atoms with van der Waals surface area (Å²) in [6, 6.07) is 18.1. The van der Waals surface area contributed by atoms with E-state index in [9.17, 15) is 0 Å². The molecule has 0 atom stereocenters. The number of hydrogen-bond acceptors (Lipinski definition) is 8. The Morgan fingerprint density at radius 1 is 0.971 bits per heavy atom. The van der Waals surface area contributed by atoms with Crippen molar-refractivity contribution in [1.29, 1.82) is 0 Å². The third-order valence-corrected chi connectivity index (χ3v) is 6.86. The van der Waals surface area contributed by atoms with Crippen LogP contribution in [-0.2, 0) is 18.8 Å². The molecule has 0 N–H and O–H groups in total. The van der Waals surface area contributed by atoms with Gasteiger partial charge in [-0.3, -0.25) is 4.90 Å². The zero-order valence-corrected chi connectivity index (χ0v) is 20.1. The summed E-state index contributed by atoms with van der Waals surface area (Å²) in [5, 5.41) is 14.1. The smallest absolute Gasteiger partial charge is 0.237 e. The second kappa shape index (κ2) is 10.8. The van der Waals surface area contributed by atoms with Gasteiger partial charge in [-0.25, -0.2) is 0 Å². The van der Waals surface area contributed by atoms with E-state index in [0.717, 1.165) is 48.5 Å². The number of rotatable bonds is 9. The lowest BCUT2D eigenvalue weighted by Gasteiger charge is -2.26. The van der Waals surface area contributed by atoms with Gasteiger partial charge in [-0.05, 0) is 43.6 Å². The first kappa shape index (κ1) is 22.6. The quantitative estimate of drug-likeness (QED) is 0.323. The average molecular weight is 477 g/mol. The molecule has 8 nitrogen and oxygen atoms in total. The molecule has 34 heavy (non-hydrogen) atoms. The second-order valence-corrected chi connectivity index (χ2v) is 9.28. The Kier molecular flexibility index (Phi) is 7.21. The van der Waals surface area contributed by atoms with Gasteiger partial charge in [0.25, 0.3) is 0 Å². The van der Waals surface area contributed by atoms with E-state index in [0.29, 0.717) is 17.5 Å². The molecule has 0 unspecified atom stereocenters. The first-order valence-corrected chi connectivity index (χ1v) is 12.6. The van der Waals surface area contributed by atoms with Gasteiger partial charge in [0.05, 0.1) is 26.0 Å². The monoisotopic (exact) mass is 476 g/mol. The Morgan fingerprint density at radius 3 is 2.65 bits per heavy atom. The van der Waals surface area contributed by atoms with Crippen molar-refractivity contribution in [3.05, 3.63) is 71.9 Å². The molecule has 2 aromatic heterocycles. The van der Waals surface area contributed by atoms with Gasteiger partial charge in [-0.15, -0.1) is 10.2 Å². The Labute approximate surface area is 203 Å². The van der Waals surface area contributed by atoms with Crippen molar-refractivity contribution in [1.82, 2.24) is 29.8 Å². The van der Waals surface area contributed by atoms with Crippen LogP contribution in [0.5, 0.6) is 5.75 Å². The number of thioether (sulfide) groups is 1. The summed E-state index contributed by atoms with van der Waals surface area (Å²) in [7, 11) is 1.64. The molecule has 1 aliphatic heterocycles. The van der Waals surface area contributed by atoms with E-state index in [-0.39, 0.29) is 0 Å². The highest BCUT2D eigenvalue weighted by atomic mass is 32.2. The summed E-state index contributed by atoms with van der Waals surface area (Å²) in [5.41, 5.74) is 2.08. The number of aromatic nitrogens is 5. The first-order chi connectivity index (χ1) is 16.8. The van der Waals surface area contributed by atoms with Crippen LogP contribution >= 0.6 is 11.8 Å². The molecule has 0 aliphatic carbocycles. The summed E-state index contributed by atoms with van der Waals surface area (Å²) in [6.07, 6.45) is 3.82. The van der Waals surface area contributed by atoms with Gasteiger partial charge in [-0.2, -0.15) is 4.98 Å². The molecule has 5 rings (SSSR count). The minimum Gasteiger partial charge on any atom is -0.497 e. The number of nitrogens with zero attached hydrogens (tertiary/aromatic N) is 6. The predicted octanol–water partition coefficient (Wildman–Crippen LogP) is 4.66. The van der Waals surface area contributed by atoms with E-state index in [4.69, 9.17) is 9.26 Å². The number of hydrogen-bond donors (Lipinski definition) is 0. The lowest BCUT2D eigenvalue weighted by atomic mass is 10.1. The van der Waals surface area contributed by atoms with Gasteiger partial charge in [0.1, 0.15) is 11.6 Å². The molecular weight excluding hydrogens is 448 g/mol. The van der Waals surface area contributed by atoms with Crippen LogP contribution in [0.1, 0.15) is 36.5 Å². The topological polar surface area (TPSA) is 82.1 Å². The first-order valence-electron chi connectivity index (χ1n) is 11.6. The molecular formula is C25H28N6O2S. The highest BCUT2D eigenvalue weighted by molar-refractivity contribution is 7.98. The van der Waals surface area contributed by atoms with Crippen LogP contribution in [-0.4, -0.2) is 50.0 Å².